The Morgan fingerprint density at radius 2 is 2.15 bits per heavy atom. The maximum atomic E-state index is 6.21. The standard InChI is InChI=1S/C21H32N2O3/c1-14-5-6-18-20(3,17(14)8-10-22-16-11-23-25-12-16)9-7-19-21(18,4)13-24-15(2)26-19/h11-12,15,17-19,22H,1,5-10,13H2,2-4H3/t15-,17-,18?,19-,20+,21+/m1/s1. The molecular weight excluding hydrogens is 328 g/mol. The summed E-state index contributed by atoms with van der Waals surface area (Å²) in [7, 11) is 0. The van der Waals surface area contributed by atoms with Gasteiger partial charge in [0.2, 0.25) is 0 Å². The third kappa shape index (κ3) is 2.89. The van der Waals surface area contributed by atoms with Gasteiger partial charge >= 0.3 is 0 Å². The van der Waals surface area contributed by atoms with Crippen molar-refractivity contribution in [2.24, 2.45) is 22.7 Å². The highest BCUT2D eigenvalue weighted by molar-refractivity contribution is 5.36. The molecule has 2 heterocycles. The molecule has 0 spiro atoms. The van der Waals surface area contributed by atoms with Gasteiger partial charge < -0.3 is 19.3 Å². The van der Waals surface area contributed by atoms with Gasteiger partial charge in [0.15, 0.2) is 6.29 Å². The van der Waals surface area contributed by atoms with Crippen LogP contribution in [0.5, 0.6) is 0 Å². The van der Waals surface area contributed by atoms with Gasteiger partial charge in [-0.3, -0.25) is 0 Å². The van der Waals surface area contributed by atoms with E-state index in [0.29, 0.717) is 17.9 Å². The fraction of sp³-hybridized carbons (Fsp3) is 0.762. The molecule has 4 rings (SSSR count). The fourth-order valence-electron chi connectivity index (χ4n) is 6.14. The van der Waals surface area contributed by atoms with Crippen molar-refractivity contribution in [1.82, 2.24) is 5.16 Å². The largest absolute Gasteiger partial charge is 0.381 e. The van der Waals surface area contributed by atoms with E-state index < -0.39 is 0 Å². The topological polar surface area (TPSA) is 56.5 Å². The maximum absolute atomic E-state index is 6.21. The first-order valence-electron chi connectivity index (χ1n) is 10.0. The van der Waals surface area contributed by atoms with Gasteiger partial charge in [-0.1, -0.05) is 31.2 Å². The number of hydrogen-bond donors (Lipinski definition) is 1. The molecule has 1 aromatic heterocycles. The van der Waals surface area contributed by atoms with Crippen molar-refractivity contribution in [3.63, 3.8) is 0 Å². The van der Waals surface area contributed by atoms with Crippen molar-refractivity contribution in [3.05, 3.63) is 24.6 Å². The summed E-state index contributed by atoms with van der Waals surface area (Å²) in [6, 6.07) is 0. The van der Waals surface area contributed by atoms with Crippen LogP contribution < -0.4 is 5.32 Å². The van der Waals surface area contributed by atoms with Crippen molar-refractivity contribution in [1.29, 1.82) is 0 Å². The Labute approximate surface area is 156 Å². The molecule has 2 saturated carbocycles. The lowest BCUT2D eigenvalue weighted by atomic mass is 9.46. The van der Waals surface area contributed by atoms with Gasteiger partial charge in [0.1, 0.15) is 6.26 Å². The van der Waals surface area contributed by atoms with Gasteiger partial charge in [0.25, 0.3) is 0 Å². The van der Waals surface area contributed by atoms with Gasteiger partial charge in [-0.05, 0) is 56.3 Å². The molecular formula is C21H32N2O3. The van der Waals surface area contributed by atoms with E-state index in [9.17, 15) is 0 Å². The molecule has 1 N–H and O–H groups in total. The minimum absolute atomic E-state index is 0.0699. The minimum Gasteiger partial charge on any atom is -0.381 e. The molecule has 26 heavy (non-hydrogen) atoms. The van der Waals surface area contributed by atoms with Crippen LogP contribution >= 0.6 is 0 Å². The summed E-state index contributed by atoms with van der Waals surface area (Å²) in [5.74, 6) is 1.15. The number of aromatic nitrogens is 1. The van der Waals surface area contributed by atoms with Crippen molar-refractivity contribution in [2.75, 3.05) is 18.5 Å². The Balaban J connectivity index is 1.51. The lowest BCUT2D eigenvalue weighted by Crippen LogP contribution is -2.61. The molecule has 2 aliphatic carbocycles. The summed E-state index contributed by atoms with van der Waals surface area (Å²) in [6.07, 6.45) is 9.40. The molecule has 0 radical (unpaired) electrons. The van der Waals surface area contributed by atoms with E-state index >= 15 is 0 Å². The Hall–Kier alpha value is -1.33. The second-order valence-corrected chi connectivity index (χ2v) is 8.98. The van der Waals surface area contributed by atoms with E-state index in [1.54, 1.807) is 12.5 Å². The number of fused-ring (bicyclic) bond motifs is 3. The Bertz CT molecular complexity index is 646. The number of hydrogen-bond acceptors (Lipinski definition) is 5. The van der Waals surface area contributed by atoms with E-state index in [1.165, 1.54) is 18.4 Å². The molecule has 0 aromatic carbocycles. The van der Waals surface area contributed by atoms with Gasteiger partial charge in [-0.25, -0.2) is 0 Å². The monoisotopic (exact) mass is 360 g/mol. The third-order valence-electron chi connectivity index (χ3n) is 7.50. The van der Waals surface area contributed by atoms with Crippen LogP contribution in [0.25, 0.3) is 0 Å². The van der Waals surface area contributed by atoms with Crippen LogP contribution in [-0.2, 0) is 9.47 Å². The summed E-state index contributed by atoms with van der Waals surface area (Å²) in [4.78, 5) is 0. The normalized spacial score (nSPS) is 42.8. The summed E-state index contributed by atoms with van der Waals surface area (Å²) >= 11 is 0. The van der Waals surface area contributed by atoms with Gasteiger partial charge in [-0.15, -0.1) is 0 Å². The van der Waals surface area contributed by atoms with Crippen molar-refractivity contribution in [2.45, 2.75) is 65.3 Å². The molecule has 3 aliphatic rings. The highest BCUT2D eigenvalue weighted by atomic mass is 16.7. The van der Waals surface area contributed by atoms with E-state index in [0.717, 1.165) is 38.1 Å². The van der Waals surface area contributed by atoms with Crippen molar-refractivity contribution < 1.29 is 14.0 Å². The van der Waals surface area contributed by atoms with E-state index in [-0.39, 0.29) is 17.1 Å². The van der Waals surface area contributed by atoms with Crippen LogP contribution in [0.15, 0.2) is 29.1 Å². The Morgan fingerprint density at radius 1 is 1.31 bits per heavy atom. The molecule has 1 aromatic rings. The smallest absolute Gasteiger partial charge is 0.155 e. The van der Waals surface area contributed by atoms with Crippen LogP contribution in [0.3, 0.4) is 0 Å². The van der Waals surface area contributed by atoms with Gasteiger partial charge in [-0.2, -0.15) is 0 Å². The highest BCUT2D eigenvalue weighted by Crippen LogP contribution is 2.63. The highest BCUT2D eigenvalue weighted by Gasteiger charge is 2.59. The van der Waals surface area contributed by atoms with Gasteiger partial charge in [0, 0.05) is 12.0 Å². The van der Waals surface area contributed by atoms with E-state index in [2.05, 4.69) is 30.9 Å². The molecule has 3 fully saturated rings. The predicted molar refractivity (Wildman–Crippen MR) is 101 cm³/mol. The Morgan fingerprint density at radius 3 is 2.92 bits per heavy atom. The predicted octanol–water partition coefficient (Wildman–Crippen LogP) is 4.63. The summed E-state index contributed by atoms with van der Waals surface area (Å²) in [5, 5.41) is 7.19. The first-order chi connectivity index (χ1) is 12.4. The lowest BCUT2D eigenvalue weighted by Gasteiger charge is -2.62. The zero-order chi connectivity index (χ0) is 18.4. The number of allylic oxidation sites excluding steroid dienone is 1. The van der Waals surface area contributed by atoms with Gasteiger partial charge in [0.05, 0.1) is 24.6 Å². The molecule has 5 nitrogen and oxygen atoms in total. The number of ether oxygens (including phenoxy) is 2. The molecule has 1 aliphatic heterocycles. The minimum atomic E-state index is -0.0699. The molecule has 1 saturated heterocycles. The van der Waals surface area contributed by atoms with Crippen LogP contribution in [-0.4, -0.2) is 30.7 Å². The lowest BCUT2D eigenvalue weighted by molar-refractivity contribution is -0.297. The summed E-state index contributed by atoms with van der Waals surface area (Å²) in [5.41, 5.74) is 2.75. The molecule has 0 amide bonds. The average Bonchev–Trinajstić information content (AvgIpc) is 3.11. The molecule has 1 unspecified atom stereocenters. The number of nitrogens with one attached hydrogen (secondary N) is 1. The second kappa shape index (κ2) is 6.68. The Kier molecular flexibility index (Phi) is 4.64. The van der Waals surface area contributed by atoms with Crippen LogP contribution in [0.2, 0.25) is 0 Å². The zero-order valence-electron chi connectivity index (χ0n) is 16.3. The molecule has 5 heteroatoms. The van der Waals surface area contributed by atoms with Crippen LogP contribution in [0.1, 0.15) is 52.9 Å². The number of rotatable bonds is 4. The quantitative estimate of drug-likeness (QED) is 0.794. The van der Waals surface area contributed by atoms with Crippen LogP contribution in [0, 0.1) is 22.7 Å². The first kappa shape index (κ1) is 18.1. The third-order valence-corrected chi connectivity index (χ3v) is 7.50. The first-order valence-corrected chi connectivity index (χ1v) is 10.0. The SMILES string of the molecule is C=C1CCC2[C@]3(C)CO[C@@H](C)O[C@@H]3CC[C@@]2(C)[C@@H]1CCNc1cnoc1. The fourth-order valence-corrected chi connectivity index (χ4v) is 6.14. The average molecular weight is 360 g/mol. The van der Waals surface area contributed by atoms with Crippen molar-refractivity contribution >= 4 is 5.69 Å². The number of nitrogens with zero attached hydrogens (tertiary/aromatic N) is 1. The molecule has 0 bridgehead atoms. The summed E-state index contributed by atoms with van der Waals surface area (Å²) in [6.45, 7) is 13.1. The molecule has 144 valence electrons. The number of anilines is 1. The maximum Gasteiger partial charge on any atom is 0.155 e. The second-order valence-electron chi connectivity index (χ2n) is 8.98. The van der Waals surface area contributed by atoms with E-state index in [4.69, 9.17) is 14.0 Å². The van der Waals surface area contributed by atoms with Crippen molar-refractivity contribution in [3.8, 4) is 0 Å². The van der Waals surface area contributed by atoms with Crippen LogP contribution in [0.4, 0.5) is 5.69 Å². The van der Waals surface area contributed by atoms with E-state index in [1.807, 2.05) is 6.92 Å². The zero-order valence-corrected chi connectivity index (χ0v) is 16.3. The molecule has 6 atom stereocenters. The summed E-state index contributed by atoms with van der Waals surface area (Å²) < 4.78 is 17.1.